The molecule has 0 aromatic carbocycles. The lowest BCUT2D eigenvalue weighted by Gasteiger charge is -2.58. The molecule has 4 aliphatic rings. The van der Waals surface area contributed by atoms with E-state index in [1.807, 2.05) is 0 Å². The molecule has 4 rings (SSSR count). The zero-order chi connectivity index (χ0) is 17.8. The first kappa shape index (κ1) is 17.3. The van der Waals surface area contributed by atoms with E-state index < -0.39 is 0 Å². The van der Waals surface area contributed by atoms with Crippen LogP contribution in [0.5, 0.6) is 0 Å². The predicted molar refractivity (Wildman–Crippen MR) is 96.8 cm³/mol. The molecule has 7 atom stereocenters. The van der Waals surface area contributed by atoms with Gasteiger partial charge in [0, 0.05) is 12.3 Å². The van der Waals surface area contributed by atoms with Crippen LogP contribution >= 0.6 is 0 Å². The first-order valence-electron chi connectivity index (χ1n) is 10.2. The molecule has 0 amide bonds. The van der Waals surface area contributed by atoms with Gasteiger partial charge >= 0.3 is 0 Å². The number of ketones is 1. The fourth-order valence-corrected chi connectivity index (χ4v) is 7.49. The molecular formula is C22H32O3. The van der Waals surface area contributed by atoms with Crippen molar-refractivity contribution in [1.29, 1.82) is 0 Å². The summed E-state index contributed by atoms with van der Waals surface area (Å²) in [6.07, 6.45) is 11.6. The van der Waals surface area contributed by atoms with Gasteiger partial charge in [0.05, 0.1) is 0 Å². The molecule has 3 fully saturated rings. The Labute approximate surface area is 151 Å². The maximum absolute atomic E-state index is 12.2. The lowest BCUT2D eigenvalue weighted by Crippen LogP contribution is -2.51. The average molecular weight is 344 g/mol. The zero-order valence-electron chi connectivity index (χ0n) is 15.9. The van der Waals surface area contributed by atoms with Crippen LogP contribution in [-0.4, -0.2) is 18.4 Å². The highest BCUT2D eigenvalue weighted by atomic mass is 16.5. The van der Waals surface area contributed by atoms with Crippen molar-refractivity contribution in [3.8, 4) is 0 Å². The second-order valence-corrected chi connectivity index (χ2v) is 9.64. The highest BCUT2D eigenvalue weighted by Crippen LogP contribution is 2.66. The molecule has 3 heteroatoms. The smallest absolute Gasteiger partial charge is 0.293 e. The summed E-state index contributed by atoms with van der Waals surface area (Å²) in [5.41, 5.74) is 2.05. The van der Waals surface area contributed by atoms with E-state index in [-0.39, 0.29) is 22.9 Å². The van der Waals surface area contributed by atoms with Gasteiger partial charge in [-0.05, 0) is 80.5 Å². The minimum absolute atomic E-state index is 0.0794. The standard InChI is InChI=1S/C22H32O3/c1-14(24)18-6-7-19-17-5-4-15-12-16(25-13-23)8-10-21(15,2)20(17)9-11-22(18,19)3/h4,13,16-20H,5-12H2,1-3H3. The molecule has 0 radical (unpaired) electrons. The van der Waals surface area contributed by atoms with Crippen molar-refractivity contribution in [1.82, 2.24) is 0 Å². The average Bonchev–Trinajstić information content (AvgIpc) is 2.93. The summed E-state index contributed by atoms with van der Waals surface area (Å²) in [6, 6.07) is 0. The molecule has 0 aromatic heterocycles. The van der Waals surface area contributed by atoms with E-state index in [0.717, 1.165) is 43.9 Å². The lowest BCUT2D eigenvalue weighted by molar-refractivity contribution is -0.136. The third-order valence-electron chi connectivity index (χ3n) is 8.80. The Morgan fingerprint density at radius 1 is 1.16 bits per heavy atom. The first-order chi connectivity index (χ1) is 11.9. The minimum Gasteiger partial charge on any atom is -0.464 e. The van der Waals surface area contributed by atoms with E-state index in [4.69, 9.17) is 4.74 Å². The van der Waals surface area contributed by atoms with Gasteiger partial charge in [0.15, 0.2) is 0 Å². The Kier molecular flexibility index (Phi) is 4.12. The third kappa shape index (κ3) is 2.44. The molecule has 0 aliphatic heterocycles. The van der Waals surface area contributed by atoms with E-state index in [0.29, 0.717) is 18.2 Å². The van der Waals surface area contributed by atoms with Gasteiger partial charge in [-0.15, -0.1) is 0 Å². The van der Waals surface area contributed by atoms with Crippen molar-refractivity contribution in [2.45, 2.75) is 78.2 Å². The predicted octanol–water partition coefficient (Wildman–Crippen LogP) is 4.70. The Morgan fingerprint density at radius 3 is 2.68 bits per heavy atom. The molecule has 138 valence electrons. The van der Waals surface area contributed by atoms with E-state index in [9.17, 15) is 9.59 Å². The van der Waals surface area contributed by atoms with Gasteiger partial charge < -0.3 is 4.74 Å². The lowest BCUT2D eigenvalue weighted by atomic mass is 9.47. The van der Waals surface area contributed by atoms with Gasteiger partial charge in [-0.25, -0.2) is 0 Å². The molecule has 3 saturated carbocycles. The third-order valence-corrected chi connectivity index (χ3v) is 8.80. The van der Waals surface area contributed by atoms with Crippen molar-refractivity contribution in [3.05, 3.63) is 11.6 Å². The zero-order valence-corrected chi connectivity index (χ0v) is 15.9. The number of allylic oxidation sites excluding steroid dienone is 1. The minimum atomic E-state index is 0.0794. The summed E-state index contributed by atoms with van der Waals surface area (Å²) in [4.78, 5) is 22.9. The fourth-order valence-electron chi connectivity index (χ4n) is 7.49. The van der Waals surface area contributed by atoms with Crippen LogP contribution in [0, 0.1) is 34.5 Å². The van der Waals surface area contributed by atoms with Gasteiger partial charge in [0.25, 0.3) is 6.47 Å². The molecule has 0 saturated heterocycles. The Bertz CT molecular complexity index is 608. The number of hydrogen-bond donors (Lipinski definition) is 0. The molecular weight excluding hydrogens is 312 g/mol. The van der Waals surface area contributed by atoms with Crippen molar-refractivity contribution in [3.63, 3.8) is 0 Å². The van der Waals surface area contributed by atoms with Crippen molar-refractivity contribution >= 4 is 12.3 Å². The number of carbonyl (C=O) groups is 2. The Balaban J connectivity index is 1.61. The first-order valence-corrected chi connectivity index (χ1v) is 10.2. The molecule has 25 heavy (non-hydrogen) atoms. The monoisotopic (exact) mass is 344 g/mol. The highest BCUT2D eigenvalue weighted by molar-refractivity contribution is 5.79. The van der Waals surface area contributed by atoms with Crippen LogP contribution in [0.15, 0.2) is 11.6 Å². The van der Waals surface area contributed by atoms with Crippen LogP contribution < -0.4 is 0 Å². The molecule has 0 aromatic rings. The summed E-state index contributed by atoms with van der Waals surface area (Å²) < 4.78 is 5.28. The second-order valence-electron chi connectivity index (χ2n) is 9.64. The SMILES string of the molecule is CC(=O)C1CCC2C3CC=C4CC(OC=O)CCC4(C)C3CCC12C. The molecule has 0 bridgehead atoms. The maximum atomic E-state index is 12.2. The molecule has 0 spiro atoms. The van der Waals surface area contributed by atoms with Crippen LogP contribution in [0.2, 0.25) is 0 Å². The fraction of sp³-hybridized carbons (Fsp3) is 0.818. The van der Waals surface area contributed by atoms with Crippen molar-refractivity contribution < 1.29 is 14.3 Å². The summed E-state index contributed by atoms with van der Waals surface area (Å²) >= 11 is 0. The highest BCUT2D eigenvalue weighted by Gasteiger charge is 2.59. The van der Waals surface area contributed by atoms with Gasteiger partial charge in [-0.1, -0.05) is 25.5 Å². The largest absolute Gasteiger partial charge is 0.464 e. The van der Waals surface area contributed by atoms with Gasteiger partial charge in [-0.3, -0.25) is 9.59 Å². The van der Waals surface area contributed by atoms with E-state index in [2.05, 4.69) is 19.9 Å². The van der Waals surface area contributed by atoms with E-state index >= 15 is 0 Å². The molecule has 7 unspecified atom stereocenters. The molecule has 3 nitrogen and oxygen atoms in total. The van der Waals surface area contributed by atoms with Crippen LogP contribution in [0.1, 0.15) is 72.1 Å². The van der Waals surface area contributed by atoms with Gasteiger partial charge in [0.2, 0.25) is 0 Å². The number of ether oxygens (including phenoxy) is 1. The number of Topliss-reactive ketones (excluding diaryl/α,β-unsaturated/α-hetero) is 1. The van der Waals surface area contributed by atoms with Crippen molar-refractivity contribution in [2.75, 3.05) is 0 Å². The second kappa shape index (κ2) is 5.96. The van der Waals surface area contributed by atoms with Gasteiger partial charge in [-0.2, -0.15) is 0 Å². The number of hydrogen-bond acceptors (Lipinski definition) is 3. The van der Waals surface area contributed by atoms with Crippen LogP contribution in [-0.2, 0) is 14.3 Å². The van der Waals surface area contributed by atoms with E-state index in [1.54, 1.807) is 6.92 Å². The van der Waals surface area contributed by atoms with Crippen LogP contribution in [0.3, 0.4) is 0 Å². The number of fused-ring (bicyclic) bond motifs is 5. The Morgan fingerprint density at radius 2 is 1.96 bits per heavy atom. The maximum Gasteiger partial charge on any atom is 0.293 e. The topological polar surface area (TPSA) is 43.4 Å². The molecule has 4 aliphatic carbocycles. The normalized spacial score (nSPS) is 48.6. The molecule has 0 N–H and O–H groups in total. The number of carbonyl (C=O) groups excluding carboxylic acids is 2. The van der Waals surface area contributed by atoms with Crippen molar-refractivity contribution in [2.24, 2.45) is 34.5 Å². The summed E-state index contributed by atoms with van der Waals surface area (Å²) in [5, 5.41) is 0. The van der Waals surface area contributed by atoms with Crippen LogP contribution in [0.4, 0.5) is 0 Å². The van der Waals surface area contributed by atoms with Crippen LogP contribution in [0.25, 0.3) is 0 Å². The molecule has 0 heterocycles. The Hall–Kier alpha value is -1.12. The van der Waals surface area contributed by atoms with E-state index in [1.165, 1.54) is 24.8 Å². The quantitative estimate of drug-likeness (QED) is 0.551. The number of rotatable bonds is 3. The summed E-state index contributed by atoms with van der Waals surface area (Å²) in [5.74, 6) is 2.88. The van der Waals surface area contributed by atoms with Gasteiger partial charge in [0.1, 0.15) is 11.9 Å². The summed E-state index contributed by atoms with van der Waals surface area (Å²) in [7, 11) is 0. The summed E-state index contributed by atoms with van der Waals surface area (Å²) in [6.45, 7) is 7.29.